The molecule has 3 heteroatoms. The number of hydrogen-bond donors (Lipinski definition) is 1. The van der Waals surface area contributed by atoms with Crippen LogP contribution in [0.15, 0.2) is 6.07 Å². The van der Waals surface area contributed by atoms with Crippen molar-refractivity contribution in [3.05, 3.63) is 17.5 Å². The minimum atomic E-state index is 0.687. The standard InChI is InChI=1S/C8H11N3/c1-6-8(10-2)4-7(5-9)11(6)3/h4,10H,1-3H3. The Hall–Kier alpha value is -1.43. The van der Waals surface area contributed by atoms with Gasteiger partial charge in [-0.15, -0.1) is 0 Å². The fourth-order valence-corrected chi connectivity index (χ4v) is 1.06. The van der Waals surface area contributed by atoms with E-state index in [1.165, 1.54) is 0 Å². The molecule has 0 bridgehead atoms. The molecular weight excluding hydrogens is 138 g/mol. The molecule has 1 aromatic heterocycles. The highest BCUT2D eigenvalue weighted by atomic mass is 15.0. The van der Waals surface area contributed by atoms with Gasteiger partial charge in [0.1, 0.15) is 11.8 Å². The average molecular weight is 149 g/mol. The molecule has 1 N–H and O–H groups in total. The van der Waals surface area contributed by atoms with Crippen molar-refractivity contribution in [2.45, 2.75) is 6.92 Å². The Bertz CT molecular complexity index is 304. The maximum Gasteiger partial charge on any atom is 0.122 e. The van der Waals surface area contributed by atoms with Crippen molar-refractivity contribution in [2.24, 2.45) is 7.05 Å². The van der Waals surface area contributed by atoms with Crippen LogP contribution in [-0.2, 0) is 7.05 Å². The van der Waals surface area contributed by atoms with E-state index in [0.717, 1.165) is 11.4 Å². The molecule has 11 heavy (non-hydrogen) atoms. The van der Waals surface area contributed by atoms with Crippen LogP contribution in [0.5, 0.6) is 0 Å². The van der Waals surface area contributed by atoms with Gasteiger partial charge in [-0.3, -0.25) is 0 Å². The molecule has 1 aromatic rings. The molecule has 0 aromatic carbocycles. The van der Waals surface area contributed by atoms with Gasteiger partial charge in [-0.1, -0.05) is 0 Å². The van der Waals surface area contributed by atoms with Crippen LogP contribution in [0.2, 0.25) is 0 Å². The number of hydrogen-bond acceptors (Lipinski definition) is 2. The van der Waals surface area contributed by atoms with E-state index in [1.54, 1.807) is 0 Å². The number of nitrogens with zero attached hydrogens (tertiary/aromatic N) is 2. The van der Waals surface area contributed by atoms with Crippen molar-refractivity contribution >= 4 is 5.69 Å². The predicted octanol–water partition coefficient (Wildman–Crippen LogP) is 1.25. The smallest absolute Gasteiger partial charge is 0.122 e. The molecule has 0 fully saturated rings. The van der Waals surface area contributed by atoms with Crippen LogP contribution in [0.25, 0.3) is 0 Å². The zero-order valence-corrected chi connectivity index (χ0v) is 6.97. The first-order chi connectivity index (χ1) is 5.20. The van der Waals surface area contributed by atoms with Crippen LogP contribution in [0, 0.1) is 18.3 Å². The SMILES string of the molecule is CNc1cc(C#N)n(C)c1C. The predicted molar refractivity (Wildman–Crippen MR) is 44.4 cm³/mol. The van der Waals surface area contributed by atoms with Crippen LogP contribution in [0.3, 0.4) is 0 Å². The quantitative estimate of drug-likeness (QED) is 0.652. The lowest BCUT2D eigenvalue weighted by molar-refractivity contribution is 0.867. The summed E-state index contributed by atoms with van der Waals surface area (Å²) in [6, 6.07) is 3.96. The van der Waals surface area contributed by atoms with Gasteiger partial charge in [-0.25, -0.2) is 0 Å². The summed E-state index contributed by atoms with van der Waals surface area (Å²) < 4.78 is 1.87. The molecule has 1 rings (SSSR count). The van der Waals surface area contributed by atoms with Crippen molar-refractivity contribution < 1.29 is 0 Å². The maximum absolute atomic E-state index is 8.65. The monoisotopic (exact) mass is 149 g/mol. The fourth-order valence-electron chi connectivity index (χ4n) is 1.06. The highest BCUT2D eigenvalue weighted by Gasteiger charge is 2.05. The number of aromatic nitrogens is 1. The summed E-state index contributed by atoms with van der Waals surface area (Å²) >= 11 is 0. The van der Waals surface area contributed by atoms with E-state index in [2.05, 4.69) is 11.4 Å². The molecule has 0 aliphatic heterocycles. The van der Waals surface area contributed by atoms with E-state index in [0.29, 0.717) is 5.69 Å². The Balaban J connectivity index is 3.26. The molecule has 0 atom stereocenters. The number of anilines is 1. The Morgan fingerprint density at radius 1 is 1.64 bits per heavy atom. The third-order valence-electron chi connectivity index (χ3n) is 1.92. The lowest BCUT2D eigenvalue weighted by Crippen LogP contribution is -1.95. The molecule has 58 valence electrons. The molecule has 0 amide bonds. The van der Waals surface area contributed by atoms with E-state index in [4.69, 9.17) is 5.26 Å². The van der Waals surface area contributed by atoms with Gasteiger partial charge in [0.2, 0.25) is 0 Å². The summed E-state index contributed by atoms with van der Waals surface area (Å²) in [5.74, 6) is 0. The van der Waals surface area contributed by atoms with Gasteiger partial charge in [0.15, 0.2) is 0 Å². The molecule has 3 nitrogen and oxygen atoms in total. The maximum atomic E-state index is 8.65. The number of rotatable bonds is 1. The Kier molecular flexibility index (Phi) is 1.86. The first kappa shape index (κ1) is 7.67. The summed E-state index contributed by atoms with van der Waals surface area (Å²) in [4.78, 5) is 0. The Morgan fingerprint density at radius 2 is 2.27 bits per heavy atom. The highest BCUT2D eigenvalue weighted by Crippen LogP contribution is 2.17. The Labute approximate surface area is 66.3 Å². The van der Waals surface area contributed by atoms with Crippen molar-refractivity contribution in [1.82, 2.24) is 4.57 Å². The largest absolute Gasteiger partial charge is 0.387 e. The van der Waals surface area contributed by atoms with Crippen molar-refractivity contribution in [1.29, 1.82) is 5.26 Å². The number of nitriles is 1. The van der Waals surface area contributed by atoms with Gasteiger partial charge in [0, 0.05) is 19.8 Å². The van der Waals surface area contributed by atoms with Gasteiger partial charge in [0.25, 0.3) is 0 Å². The molecule has 0 saturated carbocycles. The van der Waals surface area contributed by atoms with Gasteiger partial charge >= 0.3 is 0 Å². The normalized spacial score (nSPS) is 9.27. The second-order valence-corrected chi connectivity index (χ2v) is 2.45. The average Bonchev–Trinajstić information content (AvgIpc) is 2.30. The third-order valence-corrected chi connectivity index (χ3v) is 1.92. The molecule has 1 heterocycles. The van der Waals surface area contributed by atoms with Crippen molar-refractivity contribution in [3.63, 3.8) is 0 Å². The van der Waals surface area contributed by atoms with Gasteiger partial charge < -0.3 is 9.88 Å². The zero-order valence-electron chi connectivity index (χ0n) is 6.97. The summed E-state index contributed by atoms with van der Waals surface area (Å²) in [7, 11) is 3.73. The van der Waals surface area contributed by atoms with E-state index in [1.807, 2.05) is 31.7 Å². The van der Waals surface area contributed by atoms with Crippen molar-refractivity contribution in [2.75, 3.05) is 12.4 Å². The van der Waals surface area contributed by atoms with E-state index < -0.39 is 0 Å². The first-order valence-corrected chi connectivity index (χ1v) is 3.45. The minimum absolute atomic E-state index is 0.687. The fraction of sp³-hybridized carbons (Fsp3) is 0.375. The summed E-state index contributed by atoms with van der Waals surface area (Å²) in [5, 5.41) is 11.7. The van der Waals surface area contributed by atoms with Crippen molar-refractivity contribution in [3.8, 4) is 6.07 Å². The lowest BCUT2D eigenvalue weighted by atomic mass is 10.4. The van der Waals surface area contributed by atoms with Gasteiger partial charge in [0.05, 0.1) is 5.69 Å². The molecule has 0 unspecified atom stereocenters. The first-order valence-electron chi connectivity index (χ1n) is 3.45. The molecule has 0 radical (unpaired) electrons. The van der Waals surface area contributed by atoms with Gasteiger partial charge in [-0.05, 0) is 13.0 Å². The highest BCUT2D eigenvalue weighted by molar-refractivity contribution is 5.53. The van der Waals surface area contributed by atoms with Crippen LogP contribution in [-0.4, -0.2) is 11.6 Å². The summed E-state index contributed by atoms with van der Waals surface area (Å²) in [6.07, 6.45) is 0. The topological polar surface area (TPSA) is 40.8 Å². The van der Waals surface area contributed by atoms with Crippen LogP contribution in [0.4, 0.5) is 5.69 Å². The van der Waals surface area contributed by atoms with E-state index in [-0.39, 0.29) is 0 Å². The molecule has 0 spiro atoms. The molecule has 0 aliphatic rings. The summed E-state index contributed by atoms with van der Waals surface area (Å²) in [5.41, 5.74) is 2.79. The number of nitrogens with one attached hydrogen (secondary N) is 1. The minimum Gasteiger partial charge on any atom is -0.387 e. The molecular formula is C8H11N3. The second-order valence-electron chi connectivity index (χ2n) is 2.45. The molecule has 0 saturated heterocycles. The van der Waals surface area contributed by atoms with E-state index >= 15 is 0 Å². The van der Waals surface area contributed by atoms with Crippen LogP contribution < -0.4 is 5.32 Å². The van der Waals surface area contributed by atoms with Crippen LogP contribution >= 0.6 is 0 Å². The Morgan fingerprint density at radius 3 is 2.55 bits per heavy atom. The zero-order chi connectivity index (χ0) is 8.43. The second kappa shape index (κ2) is 2.67. The van der Waals surface area contributed by atoms with E-state index in [9.17, 15) is 0 Å². The van der Waals surface area contributed by atoms with Crippen LogP contribution in [0.1, 0.15) is 11.4 Å². The lowest BCUT2D eigenvalue weighted by Gasteiger charge is -1.99. The van der Waals surface area contributed by atoms with Gasteiger partial charge in [-0.2, -0.15) is 5.26 Å². The summed E-state index contributed by atoms with van der Waals surface area (Å²) in [6.45, 7) is 1.98. The molecule has 0 aliphatic carbocycles. The third kappa shape index (κ3) is 1.07.